The Kier molecular flexibility index (Phi) is 4.51. The van der Waals surface area contributed by atoms with E-state index < -0.39 is 17.5 Å². The Balaban J connectivity index is 2.37. The van der Waals surface area contributed by atoms with Crippen LogP contribution in [-0.4, -0.2) is 15.6 Å². The molecule has 2 rings (SSSR count). The SMILES string of the molecule is CCCn1cc(C(=O)c2cc(C(F)(F)F)ccc2Br)cn1. The van der Waals surface area contributed by atoms with Gasteiger partial charge in [-0.05, 0) is 24.6 Å². The van der Waals surface area contributed by atoms with Crippen LogP contribution in [0.2, 0.25) is 0 Å². The Morgan fingerprint density at radius 3 is 2.71 bits per heavy atom. The first kappa shape index (κ1) is 15.8. The highest BCUT2D eigenvalue weighted by Crippen LogP contribution is 2.32. The van der Waals surface area contributed by atoms with Crippen molar-refractivity contribution in [3.63, 3.8) is 0 Å². The normalized spacial score (nSPS) is 11.7. The average Bonchev–Trinajstić information content (AvgIpc) is 2.86. The molecule has 2 aromatic rings. The number of carbonyl (C=O) groups is 1. The number of aromatic nitrogens is 2. The first-order valence-electron chi connectivity index (χ1n) is 6.27. The Bertz CT molecular complexity index is 664. The molecule has 0 radical (unpaired) electrons. The minimum atomic E-state index is -4.48. The van der Waals surface area contributed by atoms with Crippen LogP contribution in [-0.2, 0) is 12.7 Å². The third-order valence-electron chi connectivity index (χ3n) is 2.89. The van der Waals surface area contributed by atoms with Gasteiger partial charge >= 0.3 is 6.18 Å². The van der Waals surface area contributed by atoms with Gasteiger partial charge in [0.25, 0.3) is 0 Å². The Morgan fingerprint density at radius 2 is 2.10 bits per heavy atom. The van der Waals surface area contributed by atoms with Gasteiger partial charge in [0, 0.05) is 22.8 Å². The molecular weight excluding hydrogens is 349 g/mol. The van der Waals surface area contributed by atoms with Crippen molar-refractivity contribution in [2.45, 2.75) is 26.1 Å². The van der Waals surface area contributed by atoms with E-state index in [1.54, 1.807) is 10.9 Å². The first-order valence-corrected chi connectivity index (χ1v) is 7.06. The molecule has 0 amide bonds. The van der Waals surface area contributed by atoms with Gasteiger partial charge in [-0.3, -0.25) is 9.48 Å². The number of benzene rings is 1. The molecule has 0 saturated heterocycles. The third kappa shape index (κ3) is 3.53. The quantitative estimate of drug-likeness (QED) is 0.761. The molecule has 7 heteroatoms. The minimum Gasteiger partial charge on any atom is -0.288 e. The van der Waals surface area contributed by atoms with Crippen molar-refractivity contribution in [1.29, 1.82) is 0 Å². The number of hydrogen-bond donors (Lipinski definition) is 0. The second-order valence-corrected chi connectivity index (χ2v) is 5.37. The van der Waals surface area contributed by atoms with E-state index in [1.807, 2.05) is 6.92 Å². The van der Waals surface area contributed by atoms with Crippen LogP contribution in [0.15, 0.2) is 35.1 Å². The Hall–Kier alpha value is -1.63. The molecule has 0 spiro atoms. The molecule has 3 nitrogen and oxygen atoms in total. The van der Waals surface area contributed by atoms with E-state index in [2.05, 4.69) is 21.0 Å². The van der Waals surface area contributed by atoms with E-state index in [1.165, 1.54) is 12.3 Å². The summed E-state index contributed by atoms with van der Waals surface area (Å²) in [5.41, 5.74) is -0.612. The Labute approximate surface area is 127 Å². The average molecular weight is 361 g/mol. The van der Waals surface area contributed by atoms with Gasteiger partial charge < -0.3 is 0 Å². The van der Waals surface area contributed by atoms with Crippen LogP contribution in [0.1, 0.15) is 34.8 Å². The summed E-state index contributed by atoms with van der Waals surface area (Å²) in [4.78, 5) is 12.3. The lowest BCUT2D eigenvalue weighted by Gasteiger charge is -2.09. The van der Waals surface area contributed by atoms with Gasteiger partial charge in [-0.15, -0.1) is 0 Å². The zero-order valence-corrected chi connectivity index (χ0v) is 12.7. The van der Waals surface area contributed by atoms with Gasteiger partial charge in [-0.2, -0.15) is 18.3 Å². The van der Waals surface area contributed by atoms with Crippen molar-refractivity contribution in [2.24, 2.45) is 0 Å². The summed E-state index contributed by atoms with van der Waals surface area (Å²) in [5, 5.41) is 4.01. The number of nitrogens with zero attached hydrogens (tertiary/aromatic N) is 2. The number of alkyl halides is 3. The van der Waals surface area contributed by atoms with E-state index in [-0.39, 0.29) is 11.1 Å². The molecule has 1 aromatic heterocycles. The summed E-state index contributed by atoms with van der Waals surface area (Å²) in [6.07, 6.45) is -0.728. The molecule has 0 N–H and O–H groups in total. The molecule has 1 heterocycles. The maximum atomic E-state index is 12.7. The highest BCUT2D eigenvalue weighted by Gasteiger charge is 2.31. The monoisotopic (exact) mass is 360 g/mol. The van der Waals surface area contributed by atoms with E-state index in [9.17, 15) is 18.0 Å². The van der Waals surface area contributed by atoms with Crippen LogP contribution in [0.5, 0.6) is 0 Å². The number of carbonyl (C=O) groups excluding carboxylic acids is 1. The molecule has 0 saturated carbocycles. The van der Waals surface area contributed by atoms with Crippen molar-refractivity contribution < 1.29 is 18.0 Å². The van der Waals surface area contributed by atoms with Gasteiger partial charge in [0.1, 0.15) is 0 Å². The van der Waals surface area contributed by atoms with E-state index in [0.717, 1.165) is 18.6 Å². The second-order valence-electron chi connectivity index (χ2n) is 4.51. The fraction of sp³-hybridized carbons (Fsp3) is 0.286. The number of ketones is 1. The van der Waals surface area contributed by atoms with E-state index in [0.29, 0.717) is 11.0 Å². The van der Waals surface area contributed by atoms with Crippen molar-refractivity contribution in [2.75, 3.05) is 0 Å². The smallest absolute Gasteiger partial charge is 0.288 e. The molecule has 0 aliphatic heterocycles. The van der Waals surface area contributed by atoms with E-state index >= 15 is 0 Å². The van der Waals surface area contributed by atoms with Gasteiger partial charge in [0.2, 0.25) is 0 Å². The molecule has 0 unspecified atom stereocenters. The molecule has 0 aliphatic rings. The molecule has 0 fully saturated rings. The van der Waals surface area contributed by atoms with Crippen molar-refractivity contribution >= 4 is 21.7 Å². The topological polar surface area (TPSA) is 34.9 Å². The van der Waals surface area contributed by atoms with Crippen molar-refractivity contribution in [1.82, 2.24) is 9.78 Å². The van der Waals surface area contributed by atoms with Gasteiger partial charge in [-0.1, -0.05) is 22.9 Å². The summed E-state index contributed by atoms with van der Waals surface area (Å²) in [7, 11) is 0. The zero-order valence-electron chi connectivity index (χ0n) is 11.1. The van der Waals surface area contributed by atoms with Crippen LogP contribution >= 0.6 is 15.9 Å². The molecule has 21 heavy (non-hydrogen) atoms. The minimum absolute atomic E-state index is 0.0270. The summed E-state index contributed by atoms with van der Waals surface area (Å²) in [6.45, 7) is 2.61. The number of hydrogen-bond acceptors (Lipinski definition) is 2. The predicted octanol–water partition coefficient (Wildman–Crippen LogP) is 4.31. The van der Waals surface area contributed by atoms with Crippen LogP contribution in [0.3, 0.4) is 0 Å². The molecular formula is C14H12BrF3N2O. The van der Waals surface area contributed by atoms with E-state index in [4.69, 9.17) is 0 Å². The number of halogens is 4. The highest BCUT2D eigenvalue weighted by molar-refractivity contribution is 9.10. The maximum absolute atomic E-state index is 12.7. The summed E-state index contributed by atoms with van der Waals surface area (Å²) in [5.74, 6) is -0.490. The lowest BCUT2D eigenvalue weighted by molar-refractivity contribution is -0.137. The van der Waals surface area contributed by atoms with Crippen molar-refractivity contribution in [3.05, 3.63) is 51.8 Å². The molecule has 0 atom stereocenters. The predicted molar refractivity (Wildman–Crippen MR) is 75.1 cm³/mol. The lowest BCUT2D eigenvalue weighted by atomic mass is 10.0. The maximum Gasteiger partial charge on any atom is 0.416 e. The summed E-state index contributed by atoms with van der Waals surface area (Å²) in [6, 6.07) is 3.01. The molecule has 1 aromatic carbocycles. The zero-order chi connectivity index (χ0) is 15.6. The molecule has 0 bridgehead atoms. The van der Waals surface area contributed by atoms with Crippen LogP contribution in [0.25, 0.3) is 0 Å². The van der Waals surface area contributed by atoms with Crippen LogP contribution in [0.4, 0.5) is 13.2 Å². The molecule has 112 valence electrons. The highest BCUT2D eigenvalue weighted by atomic mass is 79.9. The fourth-order valence-corrected chi connectivity index (χ4v) is 2.29. The third-order valence-corrected chi connectivity index (χ3v) is 3.58. The molecule has 0 aliphatic carbocycles. The standard InChI is InChI=1S/C14H12BrF3N2O/c1-2-5-20-8-9(7-19-20)13(21)11-6-10(14(16,17)18)3-4-12(11)15/h3-4,6-8H,2,5H2,1H3. The lowest BCUT2D eigenvalue weighted by Crippen LogP contribution is -2.08. The number of aryl methyl sites for hydroxylation is 1. The first-order chi connectivity index (χ1) is 9.82. The largest absolute Gasteiger partial charge is 0.416 e. The Morgan fingerprint density at radius 1 is 1.38 bits per heavy atom. The summed E-state index contributed by atoms with van der Waals surface area (Å²) < 4.78 is 40.1. The van der Waals surface area contributed by atoms with Crippen LogP contribution in [0, 0.1) is 0 Å². The summed E-state index contributed by atoms with van der Waals surface area (Å²) >= 11 is 3.12. The second kappa shape index (κ2) is 6.01. The van der Waals surface area contributed by atoms with Gasteiger partial charge in [0.05, 0.1) is 17.3 Å². The number of rotatable bonds is 4. The fourth-order valence-electron chi connectivity index (χ4n) is 1.86. The van der Waals surface area contributed by atoms with Crippen LogP contribution < -0.4 is 0 Å². The van der Waals surface area contributed by atoms with Gasteiger partial charge in [-0.25, -0.2) is 0 Å². The van der Waals surface area contributed by atoms with Crippen molar-refractivity contribution in [3.8, 4) is 0 Å². The van der Waals surface area contributed by atoms with Gasteiger partial charge in [0.15, 0.2) is 5.78 Å².